The summed E-state index contributed by atoms with van der Waals surface area (Å²) < 4.78 is 12.3. The van der Waals surface area contributed by atoms with Gasteiger partial charge in [-0.3, -0.25) is 10.1 Å². The molecule has 0 spiro atoms. The second kappa shape index (κ2) is 12.0. The molecule has 3 rings (SSSR count). The molecular weight excluding hydrogens is 492 g/mol. The van der Waals surface area contributed by atoms with Gasteiger partial charge in [0.1, 0.15) is 41.4 Å². The molecule has 0 radical (unpaired) electrons. The average Bonchev–Trinajstić information content (AvgIpc) is 3.24. The molecule has 0 bridgehead atoms. The first-order valence-electron chi connectivity index (χ1n) is 9.94. The Labute approximate surface area is 198 Å². The highest BCUT2D eigenvalue weighted by molar-refractivity contribution is 9.10. The topological polar surface area (TPSA) is 97.1 Å². The van der Waals surface area contributed by atoms with E-state index in [0.717, 1.165) is 28.1 Å². The van der Waals surface area contributed by atoms with Gasteiger partial charge in [0, 0.05) is 10.9 Å². The Bertz CT molecular complexity index is 1110. The Morgan fingerprint density at radius 3 is 2.31 bits per heavy atom. The van der Waals surface area contributed by atoms with Crippen LogP contribution in [0.5, 0.6) is 11.5 Å². The van der Waals surface area contributed by atoms with Crippen LogP contribution in [0.15, 0.2) is 58.6 Å². The van der Waals surface area contributed by atoms with Crippen LogP contribution >= 0.6 is 27.3 Å². The third-order valence-electron chi connectivity index (χ3n) is 4.14. The number of rotatable bonds is 10. The number of nitrogens with zero attached hydrogens (tertiary/aromatic N) is 3. The largest absolute Gasteiger partial charge is 0.490 e. The number of anilines is 1. The minimum absolute atomic E-state index is 0.0196. The molecular formula is C23H21BrN4O3S. The van der Waals surface area contributed by atoms with Crippen molar-refractivity contribution in [1.82, 2.24) is 10.2 Å². The fourth-order valence-corrected chi connectivity index (χ4v) is 3.71. The second-order valence-electron chi connectivity index (χ2n) is 6.59. The molecule has 9 heteroatoms. The summed E-state index contributed by atoms with van der Waals surface area (Å²) in [6.45, 7) is 2.84. The molecule has 2 aromatic carbocycles. The average molecular weight is 513 g/mol. The number of ether oxygens (including phenoxy) is 2. The van der Waals surface area contributed by atoms with E-state index in [9.17, 15) is 10.1 Å². The van der Waals surface area contributed by atoms with Crippen molar-refractivity contribution in [2.45, 2.75) is 19.8 Å². The molecule has 0 saturated heterocycles. The Balaban J connectivity index is 1.51. The number of carbonyl (C=O) groups excluding carboxylic acids is 1. The summed E-state index contributed by atoms with van der Waals surface area (Å²) in [5.74, 6) is 0.925. The number of hydrogen-bond acceptors (Lipinski definition) is 7. The fraction of sp³-hybridized carbons (Fsp3) is 0.217. The second-order valence-corrected chi connectivity index (χ2v) is 8.57. The Morgan fingerprint density at radius 1 is 1.09 bits per heavy atom. The quantitative estimate of drug-likeness (QED) is 0.226. The van der Waals surface area contributed by atoms with Gasteiger partial charge in [-0.05, 0) is 54.5 Å². The van der Waals surface area contributed by atoms with Gasteiger partial charge in [-0.1, -0.05) is 46.3 Å². The number of hydrogen-bond donors (Lipinski definition) is 1. The van der Waals surface area contributed by atoms with E-state index in [0.29, 0.717) is 29.7 Å². The van der Waals surface area contributed by atoms with E-state index in [4.69, 9.17) is 9.47 Å². The number of amides is 1. The van der Waals surface area contributed by atoms with Crippen LogP contribution in [0.4, 0.5) is 5.13 Å². The molecule has 3 aromatic rings. The van der Waals surface area contributed by atoms with Crippen LogP contribution < -0.4 is 14.8 Å². The zero-order valence-corrected chi connectivity index (χ0v) is 19.8. The predicted molar refractivity (Wildman–Crippen MR) is 128 cm³/mol. The van der Waals surface area contributed by atoms with Crippen LogP contribution in [0.1, 0.15) is 23.9 Å². The van der Waals surface area contributed by atoms with Crippen molar-refractivity contribution in [3.05, 3.63) is 69.1 Å². The molecule has 1 amide bonds. The van der Waals surface area contributed by atoms with E-state index < -0.39 is 5.91 Å². The van der Waals surface area contributed by atoms with Crippen molar-refractivity contribution in [2.24, 2.45) is 0 Å². The summed E-state index contributed by atoms with van der Waals surface area (Å²) in [5.41, 5.74) is 0.688. The number of nitriles is 1. The van der Waals surface area contributed by atoms with Gasteiger partial charge in [0.15, 0.2) is 0 Å². The maximum atomic E-state index is 12.4. The van der Waals surface area contributed by atoms with Crippen LogP contribution in [0.3, 0.4) is 0 Å². The highest BCUT2D eigenvalue weighted by atomic mass is 79.9. The van der Waals surface area contributed by atoms with Crippen molar-refractivity contribution in [2.75, 3.05) is 18.5 Å². The first kappa shape index (κ1) is 23.4. The van der Waals surface area contributed by atoms with Crippen LogP contribution in [-0.2, 0) is 11.2 Å². The maximum Gasteiger partial charge on any atom is 0.268 e. The molecule has 0 saturated carbocycles. The summed E-state index contributed by atoms with van der Waals surface area (Å²) in [6, 6.07) is 16.6. The van der Waals surface area contributed by atoms with E-state index >= 15 is 0 Å². The van der Waals surface area contributed by atoms with Crippen molar-refractivity contribution < 1.29 is 14.3 Å². The van der Waals surface area contributed by atoms with Gasteiger partial charge >= 0.3 is 0 Å². The van der Waals surface area contributed by atoms with E-state index in [-0.39, 0.29) is 5.57 Å². The van der Waals surface area contributed by atoms with E-state index in [1.54, 1.807) is 24.3 Å². The third kappa shape index (κ3) is 7.18. The van der Waals surface area contributed by atoms with Gasteiger partial charge in [-0.2, -0.15) is 5.26 Å². The number of halogens is 1. The Morgan fingerprint density at radius 2 is 1.72 bits per heavy atom. The maximum absolute atomic E-state index is 12.4. The Hall–Kier alpha value is -3.22. The SMILES string of the molecule is CCCc1nnc(NC(=O)C(C#N)=Cc2ccc(OCCOc3ccc(Br)cc3)cc2)s1. The van der Waals surface area contributed by atoms with Gasteiger partial charge in [0.2, 0.25) is 5.13 Å². The minimum Gasteiger partial charge on any atom is -0.490 e. The van der Waals surface area contributed by atoms with Crippen molar-refractivity contribution in [3.63, 3.8) is 0 Å². The third-order valence-corrected chi connectivity index (χ3v) is 5.57. The van der Waals surface area contributed by atoms with Crippen LogP contribution in [0, 0.1) is 11.3 Å². The molecule has 7 nitrogen and oxygen atoms in total. The molecule has 0 aliphatic carbocycles. The van der Waals surface area contributed by atoms with Crippen LogP contribution in [-0.4, -0.2) is 29.3 Å². The van der Waals surface area contributed by atoms with Crippen LogP contribution in [0.25, 0.3) is 6.08 Å². The first-order valence-corrected chi connectivity index (χ1v) is 11.5. The van der Waals surface area contributed by atoms with Gasteiger partial charge in [-0.25, -0.2) is 0 Å². The van der Waals surface area contributed by atoms with E-state index in [1.165, 1.54) is 17.4 Å². The minimum atomic E-state index is -0.517. The lowest BCUT2D eigenvalue weighted by molar-refractivity contribution is -0.112. The highest BCUT2D eigenvalue weighted by Crippen LogP contribution is 2.19. The normalized spacial score (nSPS) is 11.0. The van der Waals surface area contributed by atoms with Gasteiger partial charge in [0.05, 0.1) is 0 Å². The van der Waals surface area contributed by atoms with Crippen molar-refractivity contribution >= 4 is 44.4 Å². The molecule has 1 N–H and O–H groups in total. The zero-order chi connectivity index (χ0) is 22.8. The summed E-state index contributed by atoms with van der Waals surface area (Å²) in [4.78, 5) is 12.4. The molecule has 1 aromatic heterocycles. The van der Waals surface area contributed by atoms with Gasteiger partial charge in [-0.15, -0.1) is 10.2 Å². The highest BCUT2D eigenvalue weighted by Gasteiger charge is 2.12. The lowest BCUT2D eigenvalue weighted by Gasteiger charge is -2.08. The smallest absolute Gasteiger partial charge is 0.268 e. The Kier molecular flexibility index (Phi) is 8.78. The molecule has 1 heterocycles. The van der Waals surface area contributed by atoms with Crippen molar-refractivity contribution in [1.29, 1.82) is 5.26 Å². The summed E-state index contributed by atoms with van der Waals surface area (Å²) in [6.07, 6.45) is 3.27. The standard InChI is InChI=1S/C23H21BrN4O3S/c1-2-3-21-27-28-23(32-21)26-22(29)17(15-25)14-16-4-8-19(9-5-16)30-12-13-31-20-10-6-18(24)7-11-20/h4-11,14H,2-3,12-13H2,1H3,(H,26,28,29). The summed E-state index contributed by atoms with van der Waals surface area (Å²) in [7, 11) is 0. The first-order chi connectivity index (χ1) is 15.6. The molecule has 0 aliphatic heterocycles. The molecule has 0 atom stereocenters. The molecule has 0 unspecified atom stereocenters. The molecule has 0 aliphatic rings. The lowest BCUT2D eigenvalue weighted by atomic mass is 10.1. The molecule has 0 fully saturated rings. The lowest BCUT2D eigenvalue weighted by Crippen LogP contribution is -2.13. The summed E-state index contributed by atoms with van der Waals surface area (Å²) in [5, 5.41) is 21.2. The van der Waals surface area contributed by atoms with Crippen LogP contribution in [0.2, 0.25) is 0 Å². The van der Waals surface area contributed by atoms with E-state index in [1.807, 2.05) is 37.3 Å². The van der Waals surface area contributed by atoms with Crippen molar-refractivity contribution in [3.8, 4) is 17.6 Å². The molecule has 164 valence electrons. The molecule has 32 heavy (non-hydrogen) atoms. The number of aromatic nitrogens is 2. The van der Waals surface area contributed by atoms with Gasteiger partial charge in [0.25, 0.3) is 5.91 Å². The summed E-state index contributed by atoms with van der Waals surface area (Å²) >= 11 is 4.69. The predicted octanol–water partition coefficient (Wildman–Crippen LogP) is 5.26. The number of nitrogens with one attached hydrogen (secondary N) is 1. The van der Waals surface area contributed by atoms with Gasteiger partial charge < -0.3 is 9.47 Å². The number of benzene rings is 2. The van der Waals surface area contributed by atoms with E-state index in [2.05, 4.69) is 31.4 Å². The monoisotopic (exact) mass is 512 g/mol. The number of carbonyl (C=O) groups is 1. The number of aryl methyl sites for hydroxylation is 1. The fourth-order valence-electron chi connectivity index (χ4n) is 2.61. The zero-order valence-electron chi connectivity index (χ0n) is 17.4.